The minimum atomic E-state index is -13.8. The predicted molar refractivity (Wildman–Crippen MR) is 84.4 cm³/mol. The van der Waals surface area contributed by atoms with Crippen LogP contribution in [0.4, 0.5) is 149 Å². The zero-order chi connectivity index (χ0) is 42.0. The van der Waals surface area contributed by atoms with Crippen LogP contribution in [0.3, 0.4) is 0 Å². The van der Waals surface area contributed by atoms with Crippen molar-refractivity contribution in [3.63, 3.8) is 0 Å². The summed E-state index contributed by atoms with van der Waals surface area (Å²) in [7, 11) is -13.8. The SMILES string of the molecule is FC(F)(F)C(F)(F)C(F)(F)C(F)(F)C(F)(F)C(F)(F)C(F)(F)C(F)(F)C(F)(F)[Si](C(F)(F)C(F)(F)F)(C(F)(F)C(F)(F)F)C(F)(F)C(F)(F)F. The van der Waals surface area contributed by atoms with Gasteiger partial charge in [0.05, 0.1) is 0 Å². The van der Waals surface area contributed by atoms with Gasteiger partial charge in [-0.1, -0.05) is 0 Å². The van der Waals surface area contributed by atoms with Gasteiger partial charge in [0.1, 0.15) is 0 Å². The highest BCUT2D eigenvalue weighted by molar-refractivity contribution is 6.89. The van der Waals surface area contributed by atoms with Gasteiger partial charge < -0.3 is 0 Å². The maximum atomic E-state index is 14.6. The average molecular weight is 854 g/mol. The Morgan fingerprint density at radius 1 is 0.160 bits per heavy atom. The van der Waals surface area contributed by atoms with Gasteiger partial charge in [0.25, 0.3) is 0 Å². The molecule has 0 aromatic carbocycles. The van der Waals surface area contributed by atoms with Gasteiger partial charge in [0, 0.05) is 0 Å². The Morgan fingerprint density at radius 2 is 0.320 bits per heavy atom. The number of hydrogen-bond donors (Lipinski definition) is 0. The van der Waals surface area contributed by atoms with Gasteiger partial charge in [0.2, 0.25) is 0 Å². The maximum absolute atomic E-state index is 14.6. The van der Waals surface area contributed by atoms with E-state index in [1.54, 1.807) is 0 Å². The zero-order valence-corrected chi connectivity index (χ0v) is 21.9. The predicted octanol–water partition coefficient (Wildman–Crippen LogP) is 10.8. The van der Waals surface area contributed by atoms with Crippen molar-refractivity contribution < 1.29 is 149 Å². The van der Waals surface area contributed by atoms with Crippen molar-refractivity contribution in [3.05, 3.63) is 0 Å². The molecule has 0 radical (unpaired) electrons. The molecule has 0 heterocycles. The third kappa shape index (κ3) is 5.22. The minimum Gasteiger partial charge on any atom is -0.204 e. The Labute approximate surface area is 247 Å². The second-order valence-electron chi connectivity index (χ2n) is 9.06. The molecular formula is C15F34Si. The Balaban J connectivity index is 8.86. The summed E-state index contributed by atoms with van der Waals surface area (Å²) in [6.07, 6.45) is -36.9. The summed E-state index contributed by atoms with van der Waals surface area (Å²) in [6.45, 7) is 0. The summed E-state index contributed by atoms with van der Waals surface area (Å²) in [6, 6.07) is 0. The van der Waals surface area contributed by atoms with Crippen molar-refractivity contribution >= 4 is 8.07 Å². The van der Waals surface area contributed by atoms with Crippen LogP contribution in [0, 0.1) is 0 Å². The van der Waals surface area contributed by atoms with E-state index in [1.165, 1.54) is 0 Å². The summed E-state index contributed by atoms with van der Waals surface area (Å²) < 4.78 is 455. The van der Waals surface area contributed by atoms with E-state index in [1.807, 2.05) is 0 Å². The maximum Gasteiger partial charge on any atom is 0.460 e. The fourth-order valence-electron chi connectivity index (χ4n) is 3.42. The fraction of sp³-hybridized carbons (Fsp3) is 1.00. The molecule has 0 rings (SSSR count). The number of hydrogen-bond acceptors (Lipinski definition) is 0. The molecule has 0 amide bonds. The van der Waals surface area contributed by atoms with E-state index in [0.29, 0.717) is 0 Å². The molecule has 0 aromatic rings. The average Bonchev–Trinajstić information content (AvgIpc) is 2.79. The Morgan fingerprint density at radius 3 is 0.480 bits per heavy atom. The highest BCUT2D eigenvalue weighted by Gasteiger charge is 3.10. The summed E-state index contributed by atoms with van der Waals surface area (Å²) in [5, 5.41) is 0. The lowest BCUT2D eigenvalue weighted by atomic mass is 9.89. The molecule has 0 aliphatic carbocycles. The van der Waals surface area contributed by atoms with Crippen molar-refractivity contribution in [1.82, 2.24) is 0 Å². The van der Waals surface area contributed by atoms with Gasteiger partial charge in [-0.3, -0.25) is 0 Å². The number of alkyl halides is 34. The molecule has 0 aromatic heterocycles. The van der Waals surface area contributed by atoms with E-state index >= 15 is 0 Å². The monoisotopic (exact) mass is 854 g/mol. The minimum absolute atomic E-state index is 8.49. The van der Waals surface area contributed by atoms with Crippen LogP contribution in [0.2, 0.25) is 0 Å². The highest BCUT2D eigenvalue weighted by Crippen LogP contribution is 2.72. The van der Waals surface area contributed by atoms with E-state index in [4.69, 9.17) is 0 Å². The van der Waals surface area contributed by atoms with E-state index in [9.17, 15) is 149 Å². The lowest BCUT2D eigenvalue weighted by Crippen LogP contribution is -2.94. The summed E-state index contributed by atoms with van der Waals surface area (Å²) in [5.74, 6) is -70.6. The summed E-state index contributed by atoms with van der Waals surface area (Å²) in [5.41, 5.74) is -42.1. The second kappa shape index (κ2) is 11.2. The summed E-state index contributed by atoms with van der Waals surface area (Å²) >= 11 is 0. The first-order valence-corrected chi connectivity index (χ1v) is 12.2. The topological polar surface area (TPSA) is 0 Å². The first kappa shape index (κ1) is 47.8. The molecule has 0 fully saturated rings. The van der Waals surface area contributed by atoms with E-state index in [0.717, 1.165) is 0 Å². The van der Waals surface area contributed by atoms with E-state index in [2.05, 4.69) is 0 Å². The molecule has 50 heavy (non-hydrogen) atoms. The Bertz CT molecular complexity index is 1170. The van der Waals surface area contributed by atoms with Gasteiger partial charge in [-0.15, -0.1) is 0 Å². The van der Waals surface area contributed by atoms with Crippen LogP contribution >= 0.6 is 0 Å². The van der Waals surface area contributed by atoms with Gasteiger partial charge in [0.15, 0.2) is 0 Å². The molecule has 35 heteroatoms. The third-order valence-electron chi connectivity index (χ3n) is 6.07. The van der Waals surface area contributed by atoms with Gasteiger partial charge in [-0.05, 0) is 0 Å². The summed E-state index contributed by atoms with van der Waals surface area (Å²) in [4.78, 5) is 0. The van der Waals surface area contributed by atoms with Crippen molar-refractivity contribution in [3.8, 4) is 0 Å². The largest absolute Gasteiger partial charge is 0.460 e. The van der Waals surface area contributed by atoms with Gasteiger partial charge in [-0.25, -0.2) is 35.1 Å². The molecular weight excluding hydrogens is 854 g/mol. The van der Waals surface area contributed by atoms with Crippen molar-refractivity contribution in [1.29, 1.82) is 0 Å². The van der Waals surface area contributed by atoms with Crippen LogP contribution < -0.4 is 0 Å². The lowest BCUT2D eigenvalue weighted by molar-refractivity contribution is -0.467. The highest BCUT2D eigenvalue weighted by atomic mass is 28.3. The van der Waals surface area contributed by atoms with Crippen LogP contribution in [0.5, 0.6) is 0 Å². The molecule has 0 N–H and O–H groups in total. The van der Waals surface area contributed by atoms with Crippen molar-refractivity contribution in [2.24, 2.45) is 0 Å². The van der Waals surface area contributed by atoms with Gasteiger partial charge in [-0.2, -0.15) is 114 Å². The van der Waals surface area contributed by atoms with Crippen LogP contribution in [0.1, 0.15) is 0 Å². The van der Waals surface area contributed by atoms with Crippen molar-refractivity contribution in [2.45, 2.75) is 88.3 Å². The van der Waals surface area contributed by atoms with Crippen molar-refractivity contribution in [2.75, 3.05) is 0 Å². The molecule has 0 unspecified atom stereocenters. The lowest BCUT2D eigenvalue weighted by Gasteiger charge is -2.53. The number of halogens is 34. The number of rotatable bonds is 11. The fourth-order valence-corrected chi connectivity index (χ4v) is 7.69. The standard InChI is InChI=1S/C15F34Si/c16-1(17,2(18,19)4(22,23)6(26,27)8(30,31)32)3(20,21)5(24,25)7(28,29)12(42,43)50(13(44,45)9(33,34)35,14(46,47)10(36,37)38)15(48,49)11(39,40)41. The van der Waals surface area contributed by atoms with Gasteiger partial charge >= 0.3 is 96.4 Å². The zero-order valence-electron chi connectivity index (χ0n) is 20.9. The molecule has 0 saturated heterocycles. The van der Waals surface area contributed by atoms with Crippen LogP contribution in [-0.4, -0.2) is 96.4 Å². The van der Waals surface area contributed by atoms with E-state index < -0.39 is 96.4 Å². The normalized spacial score (nSPS) is 17.4. The van der Waals surface area contributed by atoms with Crippen LogP contribution in [-0.2, 0) is 0 Å². The van der Waals surface area contributed by atoms with Crippen LogP contribution in [0.15, 0.2) is 0 Å². The Hall–Kier alpha value is -2.16. The molecule has 302 valence electrons. The Kier molecular flexibility index (Phi) is 10.7. The molecule has 0 aliphatic rings. The molecule has 0 nitrogen and oxygen atoms in total. The van der Waals surface area contributed by atoms with Crippen LogP contribution in [0.25, 0.3) is 0 Å². The molecule has 0 bridgehead atoms. The smallest absolute Gasteiger partial charge is 0.204 e. The second-order valence-corrected chi connectivity index (χ2v) is 13.1. The molecule has 0 atom stereocenters. The first-order chi connectivity index (χ1) is 20.8. The third-order valence-corrected chi connectivity index (χ3v) is 11.0. The molecule has 0 saturated carbocycles. The first-order valence-electron chi connectivity index (χ1n) is 10.2. The van der Waals surface area contributed by atoms with E-state index in [-0.39, 0.29) is 0 Å². The molecule has 0 aliphatic heterocycles. The quantitative estimate of drug-likeness (QED) is 0.144. The molecule has 0 spiro atoms.